The molecule has 6 heteroatoms. The average molecular weight is 270 g/mol. The third kappa shape index (κ3) is 2.81. The third-order valence-corrected chi connectivity index (χ3v) is 4.64. The van der Waals surface area contributed by atoms with Crippen LogP contribution in [0.1, 0.15) is 22.3 Å². The molecule has 1 fully saturated rings. The summed E-state index contributed by atoms with van der Waals surface area (Å²) in [7, 11) is -2.97. The molecule has 0 spiro atoms. The Kier molecular flexibility index (Phi) is 3.30. The number of sulfone groups is 1. The topological polar surface area (TPSA) is 80.7 Å². The van der Waals surface area contributed by atoms with Gasteiger partial charge in [0.25, 0.3) is 0 Å². The molecule has 5 nitrogen and oxygen atoms in total. The molecule has 0 bridgehead atoms. The lowest BCUT2D eigenvalue weighted by Crippen LogP contribution is -2.18. The quantitative estimate of drug-likeness (QED) is 0.894. The lowest BCUT2D eigenvalue weighted by atomic mass is 10.1. The summed E-state index contributed by atoms with van der Waals surface area (Å²) in [5.41, 5.74) is 0.887. The van der Waals surface area contributed by atoms with Crippen molar-refractivity contribution in [3.05, 3.63) is 29.3 Å². The Bertz CT molecular complexity index is 576. The zero-order valence-corrected chi connectivity index (χ0v) is 10.7. The van der Waals surface area contributed by atoms with Crippen molar-refractivity contribution < 1.29 is 23.1 Å². The van der Waals surface area contributed by atoms with Crippen molar-refractivity contribution in [2.45, 2.75) is 19.4 Å². The molecule has 1 saturated heterocycles. The van der Waals surface area contributed by atoms with Gasteiger partial charge in [-0.3, -0.25) is 0 Å². The molecular formula is C12H14O5S. The number of hydrogen-bond acceptors (Lipinski definition) is 4. The fraction of sp³-hybridized carbons (Fsp3) is 0.417. The summed E-state index contributed by atoms with van der Waals surface area (Å²) < 4.78 is 28.2. The van der Waals surface area contributed by atoms with Crippen molar-refractivity contribution in [3.63, 3.8) is 0 Å². The van der Waals surface area contributed by atoms with E-state index in [1.54, 1.807) is 13.0 Å². The molecule has 1 heterocycles. The minimum atomic E-state index is -2.97. The fourth-order valence-corrected chi connectivity index (χ4v) is 3.54. The number of aromatic carboxylic acids is 1. The molecule has 1 atom stereocenters. The van der Waals surface area contributed by atoms with E-state index in [-0.39, 0.29) is 23.2 Å². The molecule has 1 aliphatic heterocycles. The largest absolute Gasteiger partial charge is 0.489 e. The lowest BCUT2D eigenvalue weighted by molar-refractivity contribution is 0.0696. The first-order valence-corrected chi connectivity index (χ1v) is 7.40. The maximum Gasteiger partial charge on any atom is 0.335 e. The van der Waals surface area contributed by atoms with Gasteiger partial charge in [-0.25, -0.2) is 13.2 Å². The maximum atomic E-state index is 11.3. The van der Waals surface area contributed by atoms with Crippen LogP contribution < -0.4 is 4.74 Å². The Morgan fingerprint density at radius 1 is 1.44 bits per heavy atom. The maximum absolute atomic E-state index is 11.3. The van der Waals surface area contributed by atoms with Gasteiger partial charge in [0.05, 0.1) is 17.1 Å². The van der Waals surface area contributed by atoms with Crippen LogP contribution in [-0.2, 0) is 9.84 Å². The molecule has 0 saturated carbocycles. The second-order valence-electron chi connectivity index (χ2n) is 4.43. The van der Waals surface area contributed by atoms with Crippen LogP contribution in [-0.4, -0.2) is 37.1 Å². The molecule has 18 heavy (non-hydrogen) atoms. The highest BCUT2D eigenvalue weighted by molar-refractivity contribution is 7.91. The Hall–Kier alpha value is -1.56. The minimum Gasteiger partial charge on any atom is -0.489 e. The normalized spacial score (nSPS) is 21.7. The van der Waals surface area contributed by atoms with E-state index in [4.69, 9.17) is 9.84 Å². The monoisotopic (exact) mass is 270 g/mol. The molecule has 1 aliphatic rings. The van der Waals surface area contributed by atoms with Gasteiger partial charge in [-0.1, -0.05) is 0 Å². The van der Waals surface area contributed by atoms with E-state index < -0.39 is 15.8 Å². The molecule has 0 radical (unpaired) electrons. The highest BCUT2D eigenvalue weighted by atomic mass is 32.2. The zero-order valence-electron chi connectivity index (χ0n) is 9.92. The van der Waals surface area contributed by atoms with Crippen molar-refractivity contribution in [1.82, 2.24) is 0 Å². The summed E-state index contributed by atoms with van der Waals surface area (Å²) in [6.07, 6.45) is 0.159. The number of benzene rings is 1. The first-order chi connectivity index (χ1) is 8.37. The van der Waals surface area contributed by atoms with Crippen LogP contribution in [0.2, 0.25) is 0 Å². The highest BCUT2D eigenvalue weighted by Gasteiger charge is 2.29. The van der Waals surface area contributed by atoms with Crippen molar-refractivity contribution in [2.24, 2.45) is 0 Å². The van der Waals surface area contributed by atoms with Crippen LogP contribution in [0.25, 0.3) is 0 Å². The van der Waals surface area contributed by atoms with E-state index in [1.807, 2.05) is 0 Å². The van der Waals surface area contributed by atoms with E-state index >= 15 is 0 Å². The van der Waals surface area contributed by atoms with Gasteiger partial charge >= 0.3 is 5.97 Å². The molecule has 0 aliphatic carbocycles. The Morgan fingerprint density at radius 2 is 2.17 bits per heavy atom. The standard InChI is InChI=1S/C12H14O5S/c1-8-6-9(12(13)14)2-3-11(8)17-10-4-5-18(15,16)7-10/h2-3,6,10H,4-5,7H2,1H3,(H,13,14). The summed E-state index contributed by atoms with van der Waals surface area (Å²) in [4.78, 5) is 10.8. The van der Waals surface area contributed by atoms with Gasteiger partial charge < -0.3 is 9.84 Å². The minimum absolute atomic E-state index is 0.0348. The molecule has 0 aromatic heterocycles. The zero-order chi connectivity index (χ0) is 13.3. The Labute approximate surface area is 105 Å². The van der Waals surface area contributed by atoms with Crippen molar-refractivity contribution in [3.8, 4) is 5.75 Å². The third-order valence-electron chi connectivity index (χ3n) is 2.91. The SMILES string of the molecule is Cc1cc(C(=O)O)ccc1OC1CCS(=O)(=O)C1. The first kappa shape index (κ1) is 12.9. The van der Waals surface area contributed by atoms with Gasteiger partial charge in [0, 0.05) is 0 Å². The first-order valence-electron chi connectivity index (χ1n) is 5.58. The molecule has 98 valence electrons. The van der Waals surface area contributed by atoms with Crippen LogP contribution >= 0.6 is 0 Å². The number of carboxylic acids is 1. The van der Waals surface area contributed by atoms with E-state index in [9.17, 15) is 13.2 Å². The number of carboxylic acid groups (broad SMARTS) is 1. The Morgan fingerprint density at radius 3 is 2.67 bits per heavy atom. The summed E-state index contributed by atoms with van der Waals surface area (Å²) in [5.74, 6) is -0.257. The number of carbonyl (C=O) groups is 1. The van der Waals surface area contributed by atoms with E-state index in [0.29, 0.717) is 17.7 Å². The molecule has 1 aromatic carbocycles. The molecule has 0 amide bonds. The number of ether oxygens (including phenoxy) is 1. The fourth-order valence-electron chi connectivity index (χ4n) is 1.95. The van der Waals surface area contributed by atoms with Crippen molar-refractivity contribution in [2.75, 3.05) is 11.5 Å². The van der Waals surface area contributed by atoms with Crippen LogP contribution in [0, 0.1) is 6.92 Å². The van der Waals surface area contributed by atoms with E-state index in [1.165, 1.54) is 12.1 Å². The summed E-state index contributed by atoms with van der Waals surface area (Å²) in [6, 6.07) is 4.54. The smallest absolute Gasteiger partial charge is 0.335 e. The van der Waals surface area contributed by atoms with E-state index in [0.717, 1.165) is 0 Å². The summed E-state index contributed by atoms with van der Waals surface area (Å²) in [6.45, 7) is 1.74. The van der Waals surface area contributed by atoms with Crippen LogP contribution in [0.5, 0.6) is 5.75 Å². The van der Waals surface area contributed by atoms with Gasteiger partial charge in [0.2, 0.25) is 0 Å². The van der Waals surface area contributed by atoms with Crippen molar-refractivity contribution >= 4 is 15.8 Å². The Balaban J connectivity index is 2.13. The van der Waals surface area contributed by atoms with Gasteiger partial charge in [0.15, 0.2) is 9.84 Å². The summed E-state index contributed by atoms with van der Waals surface area (Å²) in [5, 5.41) is 8.83. The van der Waals surface area contributed by atoms with Gasteiger partial charge in [0.1, 0.15) is 11.9 Å². The van der Waals surface area contributed by atoms with Crippen LogP contribution in [0.4, 0.5) is 0 Å². The lowest BCUT2D eigenvalue weighted by Gasteiger charge is -2.14. The average Bonchev–Trinajstić information content (AvgIpc) is 2.61. The van der Waals surface area contributed by atoms with Gasteiger partial charge in [-0.2, -0.15) is 0 Å². The second kappa shape index (κ2) is 4.61. The molecule has 1 N–H and O–H groups in total. The molecule has 1 unspecified atom stereocenters. The molecule has 1 aromatic rings. The van der Waals surface area contributed by atoms with Gasteiger partial charge in [-0.05, 0) is 37.1 Å². The summed E-state index contributed by atoms with van der Waals surface area (Å²) >= 11 is 0. The second-order valence-corrected chi connectivity index (χ2v) is 6.66. The number of hydrogen-bond donors (Lipinski definition) is 1. The number of rotatable bonds is 3. The van der Waals surface area contributed by atoms with Crippen LogP contribution in [0.15, 0.2) is 18.2 Å². The number of aryl methyl sites for hydroxylation is 1. The van der Waals surface area contributed by atoms with Crippen molar-refractivity contribution in [1.29, 1.82) is 0 Å². The molecule has 2 rings (SSSR count). The predicted molar refractivity (Wildman–Crippen MR) is 65.8 cm³/mol. The van der Waals surface area contributed by atoms with E-state index in [2.05, 4.69) is 0 Å². The van der Waals surface area contributed by atoms with Crippen LogP contribution in [0.3, 0.4) is 0 Å². The predicted octanol–water partition coefficient (Wildman–Crippen LogP) is 1.26. The van der Waals surface area contributed by atoms with Gasteiger partial charge in [-0.15, -0.1) is 0 Å². The molecular weight excluding hydrogens is 256 g/mol. The highest BCUT2D eigenvalue weighted by Crippen LogP contribution is 2.24.